The molecule has 2 atom stereocenters. The van der Waals surface area contributed by atoms with E-state index in [0.29, 0.717) is 0 Å². The van der Waals surface area contributed by atoms with Crippen molar-refractivity contribution >= 4 is 8.03 Å². The Hall–Kier alpha value is 0.0334. The summed E-state index contributed by atoms with van der Waals surface area (Å²) in [6.45, 7) is 2.13. The minimum absolute atomic E-state index is 0.139. The Morgan fingerprint density at radius 3 is 2.57 bits per heavy atom. The molecule has 1 aromatic rings. The van der Waals surface area contributed by atoms with Crippen LogP contribution in [0.2, 0.25) is 5.02 Å². The molecule has 1 aromatic carbocycles. The molecule has 0 aliphatic heterocycles. The summed E-state index contributed by atoms with van der Waals surface area (Å²) in [6.07, 6.45) is 0.809. The van der Waals surface area contributed by atoms with Crippen molar-refractivity contribution in [1.82, 2.24) is 0 Å². The van der Waals surface area contributed by atoms with Gasteiger partial charge >= 0.3 is 93.1 Å². The molecular weight excluding hydrogens is 248 g/mol. The molecule has 0 amide bonds. The molecule has 0 spiro atoms. The van der Waals surface area contributed by atoms with E-state index in [0.717, 1.165) is 11.4 Å². The van der Waals surface area contributed by atoms with Gasteiger partial charge in [0.15, 0.2) is 0 Å². The van der Waals surface area contributed by atoms with Crippen molar-refractivity contribution in [2.45, 2.75) is 22.6 Å². The van der Waals surface area contributed by atoms with Gasteiger partial charge in [0.2, 0.25) is 0 Å². The van der Waals surface area contributed by atoms with E-state index in [1.54, 1.807) is 0 Å². The standard InChI is InChI=1S/C8H10O2P.C2H5.Zn/c9-11(10)7-6-8-4-2-1-3-5-8;1-2;/h1-5,7,11H,6H2,(H,9,10);1H2,2H3;. The SMILES string of the molecule is C[CH2][Zn][CH](Cc1ccccc1)[PH](=O)O. The number of hydrogen-bond donors (Lipinski definition) is 1. The first-order valence-electron chi connectivity index (χ1n) is 5.00. The molecule has 2 unspecified atom stereocenters. The van der Waals surface area contributed by atoms with Gasteiger partial charge in [-0.3, -0.25) is 0 Å². The van der Waals surface area contributed by atoms with Crippen molar-refractivity contribution < 1.29 is 26.6 Å². The van der Waals surface area contributed by atoms with E-state index in [4.69, 9.17) is 0 Å². The average Bonchev–Trinajstić information content (AvgIpc) is 2.18. The van der Waals surface area contributed by atoms with Crippen LogP contribution in [0.5, 0.6) is 0 Å². The fraction of sp³-hybridized carbons (Fsp3) is 0.400. The topological polar surface area (TPSA) is 37.3 Å². The molecule has 0 fully saturated rings. The first-order valence-corrected chi connectivity index (χ1v) is 10.2. The maximum absolute atomic E-state index is 11.1. The zero-order valence-corrected chi connectivity index (χ0v) is 12.4. The van der Waals surface area contributed by atoms with E-state index < -0.39 is 25.2 Å². The van der Waals surface area contributed by atoms with Gasteiger partial charge in [-0.1, -0.05) is 0 Å². The monoisotopic (exact) mass is 262 g/mol. The second kappa shape index (κ2) is 6.50. The molecule has 74 valence electrons. The molecule has 2 nitrogen and oxygen atoms in total. The van der Waals surface area contributed by atoms with Crippen molar-refractivity contribution in [2.24, 2.45) is 0 Å². The molecule has 1 N–H and O–H groups in total. The van der Waals surface area contributed by atoms with E-state index in [-0.39, 0.29) is 4.25 Å². The van der Waals surface area contributed by atoms with Crippen molar-refractivity contribution in [3.05, 3.63) is 35.9 Å². The molecule has 0 heterocycles. The zero-order chi connectivity index (χ0) is 10.4. The van der Waals surface area contributed by atoms with Crippen LogP contribution in [0.3, 0.4) is 0 Å². The Bertz CT molecular complexity index is 289. The summed E-state index contributed by atoms with van der Waals surface area (Å²) in [5, 5.41) is 1.15. The number of hydrogen-bond acceptors (Lipinski definition) is 1. The van der Waals surface area contributed by atoms with Gasteiger partial charge < -0.3 is 0 Å². The molecular formula is C10H15O2PZn. The quantitative estimate of drug-likeness (QED) is 0.655. The van der Waals surface area contributed by atoms with Crippen molar-refractivity contribution in [3.8, 4) is 0 Å². The van der Waals surface area contributed by atoms with Gasteiger partial charge in [0, 0.05) is 0 Å². The Morgan fingerprint density at radius 2 is 2.07 bits per heavy atom. The Balaban J connectivity index is 2.60. The molecule has 0 aromatic heterocycles. The van der Waals surface area contributed by atoms with Crippen LogP contribution in [0.15, 0.2) is 30.3 Å². The third kappa shape index (κ3) is 4.04. The molecule has 0 saturated carbocycles. The number of benzene rings is 1. The van der Waals surface area contributed by atoms with Crippen LogP contribution in [0.1, 0.15) is 12.5 Å². The van der Waals surface area contributed by atoms with Gasteiger partial charge in [0.25, 0.3) is 0 Å². The van der Waals surface area contributed by atoms with Crippen molar-refractivity contribution in [2.75, 3.05) is 0 Å². The van der Waals surface area contributed by atoms with Crippen molar-refractivity contribution in [1.29, 1.82) is 0 Å². The summed E-state index contributed by atoms with van der Waals surface area (Å²) >= 11 is -0.796. The third-order valence-corrected chi connectivity index (χ3v) is 10.2. The van der Waals surface area contributed by atoms with Gasteiger partial charge in [-0.05, 0) is 0 Å². The minimum atomic E-state index is -2.30. The van der Waals surface area contributed by atoms with E-state index in [2.05, 4.69) is 6.92 Å². The molecule has 14 heavy (non-hydrogen) atoms. The fourth-order valence-corrected chi connectivity index (χ4v) is 7.86. The van der Waals surface area contributed by atoms with E-state index in [9.17, 15) is 9.46 Å². The predicted molar refractivity (Wildman–Crippen MR) is 55.6 cm³/mol. The molecule has 0 radical (unpaired) electrons. The maximum atomic E-state index is 11.1. The normalized spacial score (nSPS) is 14.4. The van der Waals surface area contributed by atoms with Gasteiger partial charge in [-0.2, -0.15) is 0 Å². The van der Waals surface area contributed by atoms with E-state index >= 15 is 0 Å². The van der Waals surface area contributed by atoms with Crippen LogP contribution in [0.25, 0.3) is 0 Å². The molecule has 0 saturated heterocycles. The van der Waals surface area contributed by atoms with Crippen LogP contribution >= 0.6 is 8.03 Å². The summed E-state index contributed by atoms with van der Waals surface area (Å²) in [5.41, 5.74) is 1.20. The Labute approximate surface area is 93.2 Å². The summed E-state index contributed by atoms with van der Waals surface area (Å²) in [7, 11) is -2.30. The van der Waals surface area contributed by atoms with Crippen LogP contribution in [-0.2, 0) is 28.1 Å². The van der Waals surface area contributed by atoms with Crippen LogP contribution in [0.4, 0.5) is 0 Å². The predicted octanol–water partition coefficient (Wildman–Crippen LogP) is 2.54. The summed E-state index contributed by atoms with van der Waals surface area (Å²) < 4.78 is 11.3. The van der Waals surface area contributed by atoms with E-state index in [1.807, 2.05) is 30.3 Å². The average molecular weight is 264 g/mol. The van der Waals surface area contributed by atoms with E-state index in [1.165, 1.54) is 5.56 Å². The summed E-state index contributed by atoms with van der Waals surface area (Å²) in [6, 6.07) is 10.0. The van der Waals surface area contributed by atoms with Gasteiger partial charge in [0.05, 0.1) is 0 Å². The number of rotatable bonds is 5. The van der Waals surface area contributed by atoms with Crippen molar-refractivity contribution in [3.63, 3.8) is 0 Å². The van der Waals surface area contributed by atoms with Crippen LogP contribution in [-0.4, -0.2) is 9.15 Å². The zero-order valence-electron chi connectivity index (χ0n) is 8.44. The van der Waals surface area contributed by atoms with Crippen LogP contribution in [0, 0.1) is 0 Å². The Kier molecular flexibility index (Phi) is 5.62. The van der Waals surface area contributed by atoms with Crippen LogP contribution < -0.4 is 0 Å². The fourth-order valence-electron chi connectivity index (χ4n) is 1.56. The second-order valence-electron chi connectivity index (χ2n) is 3.51. The molecule has 0 aliphatic carbocycles. The summed E-state index contributed by atoms with van der Waals surface area (Å²) in [4.78, 5) is 9.20. The molecule has 4 heteroatoms. The first kappa shape index (κ1) is 12.1. The molecule has 1 rings (SSSR count). The third-order valence-electron chi connectivity index (χ3n) is 2.31. The first-order chi connectivity index (χ1) is 6.74. The van der Waals surface area contributed by atoms with Gasteiger partial charge in [-0.25, -0.2) is 0 Å². The van der Waals surface area contributed by atoms with Gasteiger partial charge in [0.1, 0.15) is 0 Å². The summed E-state index contributed by atoms with van der Waals surface area (Å²) in [5.74, 6) is 0. The van der Waals surface area contributed by atoms with Gasteiger partial charge in [-0.15, -0.1) is 0 Å². The Morgan fingerprint density at radius 1 is 1.43 bits per heavy atom. The molecule has 0 bridgehead atoms. The molecule has 0 aliphatic rings. The second-order valence-corrected chi connectivity index (χ2v) is 12.1.